The molecule has 0 spiro atoms. The Hall–Kier alpha value is -2.17. The van der Waals surface area contributed by atoms with E-state index < -0.39 is 0 Å². The van der Waals surface area contributed by atoms with E-state index in [2.05, 4.69) is 34.3 Å². The summed E-state index contributed by atoms with van der Waals surface area (Å²) in [6.45, 7) is 4.14. The topological polar surface area (TPSA) is 70.7 Å². The van der Waals surface area contributed by atoms with Gasteiger partial charge in [-0.1, -0.05) is 32.0 Å². The third kappa shape index (κ3) is 2.40. The number of nitrogens with one attached hydrogen (secondary N) is 2. The molecule has 0 bridgehead atoms. The highest BCUT2D eigenvalue weighted by Crippen LogP contribution is 2.22. The number of nitrogens with zero attached hydrogens (tertiary/aromatic N) is 2. The second-order valence-electron chi connectivity index (χ2n) is 3.95. The molecule has 1 amide bonds. The molecule has 0 aliphatic carbocycles. The molecule has 0 atom stereocenters. The molecule has 0 aliphatic rings. The number of carbonyl (C=O) groups excluding carboxylic acids is 1. The Morgan fingerprint density at radius 1 is 1.28 bits per heavy atom. The van der Waals surface area contributed by atoms with Gasteiger partial charge in [-0.15, -0.1) is 0 Å². The summed E-state index contributed by atoms with van der Waals surface area (Å²) in [5.41, 5.74) is 3.15. The van der Waals surface area contributed by atoms with Crippen LogP contribution in [0, 0.1) is 0 Å². The first-order valence-corrected chi connectivity index (χ1v) is 6.03. The van der Waals surface area contributed by atoms with Crippen molar-refractivity contribution in [2.75, 3.05) is 5.32 Å². The Morgan fingerprint density at radius 2 is 1.94 bits per heavy atom. The molecule has 0 saturated carbocycles. The van der Waals surface area contributed by atoms with Crippen molar-refractivity contribution >= 4 is 11.6 Å². The summed E-state index contributed by atoms with van der Waals surface area (Å²) in [6.07, 6.45) is 3.07. The van der Waals surface area contributed by atoms with Crippen molar-refractivity contribution < 1.29 is 4.79 Å². The van der Waals surface area contributed by atoms with E-state index in [1.165, 1.54) is 6.33 Å². The van der Waals surface area contributed by atoms with Gasteiger partial charge in [0, 0.05) is 5.69 Å². The fourth-order valence-electron chi connectivity index (χ4n) is 1.89. The van der Waals surface area contributed by atoms with Gasteiger partial charge in [0.05, 0.1) is 0 Å². The summed E-state index contributed by atoms with van der Waals surface area (Å²) < 4.78 is 0. The number of aromatic nitrogens is 3. The molecule has 0 saturated heterocycles. The zero-order valence-electron chi connectivity index (χ0n) is 10.5. The molecule has 2 rings (SSSR count). The van der Waals surface area contributed by atoms with Crippen molar-refractivity contribution in [1.82, 2.24) is 15.2 Å². The molecule has 2 N–H and O–H groups in total. The SMILES string of the molecule is CCc1cccc(CC)c1NC(=O)c1ncn[nH]1. The van der Waals surface area contributed by atoms with Crippen LogP contribution in [0.2, 0.25) is 0 Å². The van der Waals surface area contributed by atoms with Gasteiger partial charge >= 0.3 is 0 Å². The van der Waals surface area contributed by atoms with Crippen molar-refractivity contribution in [3.63, 3.8) is 0 Å². The van der Waals surface area contributed by atoms with Crippen molar-refractivity contribution in [1.29, 1.82) is 0 Å². The Labute approximate surface area is 106 Å². The van der Waals surface area contributed by atoms with Crippen LogP contribution in [0.3, 0.4) is 0 Å². The highest BCUT2D eigenvalue weighted by molar-refractivity contribution is 6.02. The Morgan fingerprint density at radius 3 is 2.44 bits per heavy atom. The van der Waals surface area contributed by atoms with Crippen LogP contribution < -0.4 is 5.32 Å². The van der Waals surface area contributed by atoms with Crippen LogP contribution in [0.25, 0.3) is 0 Å². The van der Waals surface area contributed by atoms with E-state index in [1.54, 1.807) is 0 Å². The van der Waals surface area contributed by atoms with Gasteiger partial charge in [-0.3, -0.25) is 9.89 Å². The van der Waals surface area contributed by atoms with Crippen LogP contribution in [0.15, 0.2) is 24.5 Å². The summed E-state index contributed by atoms with van der Waals surface area (Å²) in [5.74, 6) is -0.0361. The lowest BCUT2D eigenvalue weighted by Gasteiger charge is -2.13. The van der Waals surface area contributed by atoms with E-state index in [-0.39, 0.29) is 11.7 Å². The molecular weight excluding hydrogens is 228 g/mol. The number of carbonyl (C=O) groups is 1. The molecule has 0 radical (unpaired) electrons. The number of benzene rings is 1. The summed E-state index contributed by atoms with van der Waals surface area (Å²) in [7, 11) is 0. The lowest BCUT2D eigenvalue weighted by atomic mass is 10.0. The van der Waals surface area contributed by atoms with Gasteiger partial charge in [-0.2, -0.15) is 5.10 Å². The van der Waals surface area contributed by atoms with Crippen LogP contribution in [0.1, 0.15) is 35.6 Å². The molecule has 0 unspecified atom stereocenters. The first-order valence-electron chi connectivity index (χ1n) is 6.03. The van der Waals surface area contributed by atoms with Crippen LogP contribution in [-0.4, -0.2) is 21.1 Å². The average molecular weight is 244 g/mol. The number of anilines is 1. The van der Waals surface area contributed by atoms with Gasteiger partial charge < -0.3 is 5.32 Å². The second kappa shape index (κ2) is 5.44. The largest absolute Gasteiger partial charge is 0.319 e. The smallest absolute Gasteiger partial charge is 0.292 e. The van der Waals surface area contributed by atoms with Crippen LogP contribution in [0.5, 0.6) is 0 Å². The van der Waals surface area contributed by atoms with Crippen molar-refractivity contribution in [3.05, 3.63) is 41.5 Å². The maximum absolute atomic E-state index is 12.0. The van der Waals surface area contributed by atoms with Gasteiger partial charge in [0.15, 0.2) is 0 Å². The summed E-state index contributed by atoms with van der Waals surface area (Å²) in [4.78, 5) is 15.8. The van der Waals surface area contributed by atoms with E-state index >= 15 is 0 Å². The van der Waals surface area contributed by atoms with Gasteiger partial charge in [0.25, 0.3) is 5.91 Å². The number of para-hydroxylation sites is 1. The zero-order chi connectivity index (χ0) is 13.0. The number of aromatic amines is 1. The number of hydrogen-bond donors (Lipinski definition) is 2. The number of hydrogen-bond acceptors (Lipinski definition) is 3. The first kappa shape index (κ1) is 12.3. The molecule has 18 heavy (non-hydrogen) atoms. The van der Waals surface area contributed by atoms with E-state index in [4.69, 9.17) is 0 Å². The van der Waals surface area contributed by atoms with E-state index in [0.29, 0.717) is 0 Å². The zero-order valence-corrected chi connectivity index (χ0v) is 10.5. The predicted molar refractivity (Wildman–Crippen MR) is 69.5 cm³/mol. The Bertz CT molecular complexity index is 512. The Kier molecular flexibility index (Phi) is 3.72. The monoisotopic (exact) mass is 244 g/mol. The molecule has 1 aromatic heterocycles. The maximum atomic E-state index is 12.0. The fourth-order valence-corrected chi connectivity index (χ4v) is 1.89. The quantitative estimate of drug-likeness (QED) is 0.866. The van der Waals surface area contributed by atoms with E-state index in [0.717, 1.165) is 29.7 Å². The molecule has 5 heteroatoms. The number of rotatable bonds is 4. The molecule has 0 aliphatic heterocycles. The number of amides is 1. The van der Waals surface area contributed by atoms with Crippen LogP contribution >= 0.6 is 0 Å². The molecular formula is C13H16N4O. The van der Waals surface area contributed by atoms with Crippen LogP contribution in [-0.2, 0) is 12.8 Å². The second-order valence-corrected chi connectivity index (χ2v) is 3.95. The molecule has 94 valence electrons. The van der Waals surface area contributed by atoms with Gasteiger partial charge in [0.1, 0.15) is 6.33 Å². The standard InChI is InChI=1S/C13H16N4O/c1-3-9-6-5-7-10(4-2)11(9)16-13(18)12-14-8-15-17-12/h5-8H,3-4H2,1-2H3,(H,16,18)(H,14,15,17). The highest BCUT2D eigenvalue weighted by atomic mass is 16.2. The lowest BCUT2D eigenvalue weighted by molar-refractivity contribution is 0.101. The van der Waals surface area contributed by atoms with E-state index in [1.807, 2.05) is 18.2 Å². The highest BCUT2D eigenvalue weighted by Gasteiger charge is 2.13. The van der Waals surface area contributed by atoms with E-state index in [9.17, 15) is 4.79 Å². The molecule has 0 fully saturated rings. The lowest BCUT2D eigenvalue weighted by Crippen LogP contribution is -2.16. The average Bonchev–Trinajstić information content (AvgIpc) is 2.93. The van der Waals surface area contributed by atoms with Gasteiger partial charge in [0.2, 0.25) is 5.82 Å². The summed E-state index contributed by atoms with van der Waals surface area (Å²) >= 11 is 0. The third-order valence-corrected chi connectivity index (χ3v) is 2.87. The molecule has 1 aromatic carbocycles. The maximum Gasteiger partial charge on any atom is 0.292 e. The summed E-state index contributed by atoms with van der Waals surface area (Å²) in [6, 6.07) is 6.06. The third-order valence-electron chi connectivity index (χ3n) is 2.87. The summed E-state index contributed by atoms with van der Waals surface area (Å²) in [5, 5.41) is 9.14. The van der Waals surface area contributed by atoms with Crippen LogP contribution in [0.4, 0.5) is 5.69 Å². The normalized spacial score (nSPS) is 10.3. The fraction of sp³-hybridized carbons (Fsp3) is 0.308. The molecule has 2 aromatic rings. The number of aryl methyl sites for hydroxylation is 2. The van der Waals surface area contributed by atoms with Gasteiger partial charge in [-0.05, 0) is 24.0 Å². The first-order chi connectivity index (χ1) is 8.76. The van der Waals surface area contributed by atoms with Crippen molar-refractivity contribution in [2.24, 2.45) is 0 Å². The minimum absolute atomic E-state index is 0.225. The van der Waals surface area contributed by atoms with Crippen molar-refractivity contribution in [3.8, 4) is 0 Å². The van der Waals surface area contributed by atoms with Crippen molar-refractivity contribution in [2.45, 2.75) is 26.7 Å². The minimum atomic E-state index is -0.261. The predicted octanol–water partition coefficient (Wildman–Crippen LogP) is 2.18. The number of H-pyrrole nitrogens is 1. The molecule has 5 nitrogen and oxygen atoms in total. The Balaban J connectivity index is 2.30. The van der Waals surface area contributed by atoms with Gasteiger partial charge in [-0.25, -0.2) is 4.98 Å². The molecule has 1 heterocycles. The minimum Gasteiger partial charge on any atom is -0.319 e.